The molecular weight excluding hydrogens is 424 g/mol. The van der Waals surface area contributed by atoms with Crippen LogP contribution in [0.15, 0.2) is 48.6 Å². The lowest BCUT2D eigenvalue weighted by molar-refractivity contribution is -0.138. The van der Waals surface area contributed by atoms with Gasteiger partial charge in [0.05, 0.1) is 13.2 Å². The number of aromatic hydroxyl groups is 1. The molecule has 0 bridgehead atoms. The number of rotatable bonds is 8. The van der Waals surface area contributed by atoms with Gasteiger partial charge in [-0.1, -0.05) is 24.2 Å². The van der Waals surface area contributed by atoms with Gasteiger partial charge >= 0.3 is 12.1 Å². The zero-order chi connectivity index (χ0) is 22.4. The zero-order valence-electron chi connectivity index (χ0n) is 16.8. The smallest absolute Gasteiger partial charge is 0.407 e. The summed E-state index contributed by atoms with van der Waals surface area (Å²) in [6.45, 7) is 5.28. The number of phenolic OH excluding ortho intramolecular Hbond substituents is 1. The summed E-state index contributed by atoms with van der Waals surface area (Å²) in [5, 5.41) is 21.9. The number of benzene rings is 2. The normalized spacial score (nSPS) is 10.6. The molecule has 0 atom stereocenters. The second-order valence-electron chi connectivity index (χ2n) is 6.67. The molecule has 9 nitrogen and oxygen atoms in total. The molecule has 0 aliphatic heterocycles. The molecular formula is C21H21ClN4O5. The topological polar surface area (TPSA) is 116 Å². The Morgan fingerprint density at radius 1 is 1.13 bits per heavy atom. The van der Waals surface area contributed by atoms with E-state index in [9.17, 15) is 14.7 Å². The number of hydrogen-bond donors (Lipinski definition) is 2. The van der Waals surface area contributed by atoms with Crippen LogP contribution in [-0.4, -0.2) is 51.9 Å². The number of ether oxygens (including phenoxy) is 2. The van der Waals surface area contributed by atoms with Gasteiger partial charge in [-0.15, -0.1) is 15.0 Å². The van der Waals surface area contributed by atoms with E-state index in [-0.39, 0.29) is 31.1 Å². The van der Waals surface area contributed by atoms with Gasteiger partial charge in [0.15, 0.2) is 0 Å². The van der Waals surface area contributed by atoms with Crippen molar-refractivity contribution >= 4 is 34.7 Å². The molecule has 0 fully saturated rings. The van der Waals surface area contributed by atoms with Crippen LogP contribution in [0.3, 0.4) is 0 Å². The van der Waals surface area contributed by atoms with Gasteiger partial charge < -0.3 is 19.9 Å². The molecule has 162 valence electrons. The zero-order valence-corrected chi connectivity index (χ0v) is 17.6. The Morgan fingerprint density at radius 3 is 2.68 bits per heavy atom. The maximum Gasteiger partial charge on any atom is 0.407 e. The minimum Gasteiger partial charge on any atom is -0.506 e. The van der Waals surface area contributed by atoms with Crippen LogP contribution in [0.25, 0.3) is 16.7 Å². The van der Waals surface area contributed by atoms with Crippen LogP contribution >= 0.6 is 11.6 Å². The molecule has 31 heavy (non-hydrogen) atoms. The van der Waals surface area contributed by atoms with E-state index in [0.29, 0.717) is 28.2 Å². The van der Waals surface area contributed by atoms with Crippen LogP contribution in [0.4, 0.5) is 4.79 Å². The predicted molar refractivity (Wildman–Crippen MR) is 114 cm³/mol. The fourth-order valence-corrected chi connectivity index (χ4v) is 2.78. The van der Waals surface area contributed by atoms with Crippen molar-refractivity contribution in [3.05, 3.63) is 59.1 Å². The molecule has 0 aliphatic rings. The van der Waals surface area contributed by atoms with Crippen LogP contribution in [0.1, 0.15) is 12.5 Å². The molecule has 0 saturated carbocycles. The fraction of sp³-hybridized carbons (Fsp3) is 0.238. The molecule has 0 aliphatic carbocycles. The third-order valence-corrected chi connectivity index (χ3v) is 4.41. The highest BCUT2D eigenvalue weighted by atomic mass is 35.5. The van der Waals surface area contributed by atoms with Gasteiger partial charge in [-0.3, -0.25) is 0 Å². The van der Waals surface area contributed by atoms with Gasteiger partial charge in [0.2, 0.25) is 0 Å². The number of aromatic nitrogens is 3. The minimum absolute atomic E-state index is 0.0122. The second kappa shape index (κ2) is 9.94. The maximum absolute atomic E-state index is 11.7. The first-order valence-corrected chi connectivity index (χ1v) is 9.79. The summed E-state index contributed by atoms with van der Waals surface area (Å²) in [6.07, 6.45) is -0.208. The van der Waals surface area contributed by atoms with Crippen LogP contribution in [-0.2, 0) is 20.7 Å². The number of fused-ring (bicyclic) bond motifs is 1. The number of alkyl carbamates (subject to hydrolysis) is 1. The Morgan fingerprint density at radius 2 is 1.90 bits per heavy atom. The molecule has 0 radical (unpaired) electrons. The van der Waals surface area contributed by atoms with Gasteiger partial charge in [-0.05, 0) is 42.8 Å². The molecule has 0 saturated heterocycles. The third kappa shape index (κ3) is 5.95. The van der Waals surface area contributed by atoms with Crippen LogP contribution in [0, 0.1) is 0 Å². The maximum atomic E-state index is 11.7. The molecule has 3 rings (SSSR count). The van der Waals surface area contributed by atoms with Gasteiger partial charge in [0.25, 0.3) is 0 Å². The largest absolute Gasteiger partial charge is 0.506 e. The fourth-order valence-electron chi connectivity index (χ4n) is 2.61. The van der Waals surface area contributed by atoms with Crippen molar-refractivity contribution in [1.82, 2.24) is 20.3 Å². The summed E-state index contributed by atoms with van der Waals surface area (Å²) in [7, 11) is 0. The number of halogens is 1. The highest BCUT2D eigenvalue weighted by Crippen LogP contribution is 2.24. The quantitative estimate of drug-likeness (QED) is 0.311. The highest BCUT2D eigenvalue weighted by Gasteiger charge is 2.11. The number of nitrogens with one attached hydrogen (secondary N) is 1. The van der Waals surface area contributed by atoms with Crippen molar-refractivity contribution in [3.63, 3.8) is 0 Å². The van der Waals surface area contributed by atoms with E-state index in [4.69, 9.17) is 21.1 Å². The minimum atomic E-state index is -0.623. The van der Waals surface area contributed by atoms with Crippen LogP contribution < -0.4 is 5.32 Å². The van der Waals surface area contributed by atoms with Crippen molar-refractivity contribution < 1.29 is 24.2 Å². The Kier molecular flexibility index (Phi) is 7.09. The number of esters is 1. The predicted octanol–water partition coefficient (Wildman–Crippen LogP) is 3.17. The van der Waals surface area contributed by atoms with E-state index in [1.807, 2.05) is 0 Å². The molecule has 2 aromatic carbocycles. The summed E-state index contributed by atoms with van der Waals surface area (Å²) in [5.74, 6) is -0.501. The molecule has 10 heteroatoms. The number of phenols is 1. The summed E-state index contributed by atoms with van der Waals surface area (Å²) in [5.41, 5.74) is 2.75. The van der Waals surface area contributed by atoms with E-state index in [2.05, 4.69) is 22.1 Å². The van der Waals surface area contributed by atoms with E-state index in [0.717, 1.165) is 5.56 Å². The van der Waals surface area contributed by atoms with Crippen molar-refractivity contribution in [1.29, 1.82) is 0 Å². The number of amides is 1. The number of carbonyl (C=O) groups excluding carboxylic acids is 2. The Bertz CT molecular complexity index is 1130. The first-order valence-electron chi connectivity index (χ1n) is 9.41. The lowest BCUT2D eigenvalue weighted by Gasteiger charge is -2.09. The molecule has 0 spiro atoms. The molecule has 3 aromatic rings. The highest BCUT2D eigenvalue weighted by molar-refractivity contribution is 6.31. The van der Waals surface area contributed by atoms with Crippen molar-refractivity contribution in [2.75, 3.05) is 19.8 Å². The van der Waals surface area contributed by atoms with Crippen molar-refractivity contribution in [2.24, 2.45) is 0 Å². The first kappa shape index (κ1) is 22.1. The van der Waals surface area contributed by atoms with Crippen molar-refractivity contribution in [3.8, 4) is 11.4 Å². The Labute approximate surface area is 183 Å². The van der Waals surface area contributed by atoms with E-state index in [1.54, 1.807) is 37.3 Å². The average Bonchev–Trinajstić information content (AvgIpc) is 3.15. The Balaban J connectivity index is 1.53. The van der Waals surface area contributed by atoms with Gasteiger partial charge in [0.1, 0.15) is 29.1 Å². The first-order chi connectivity index (χ1) is 14.8. The molecule has 2 N–H and O–H groups in total. The number of nitrogens with zero attached hydrogens (tertiary/aromatic N) is 3. The number of hydrogen-bond acceptors (Lipinski definition) is 7. The monoisotopic (exact) mass is 444 g/mol. The molecule has 1 aromatic heterocycles. The van der Waals surface area contributed by atoms with Gasteiger partial charge in [0, 0.05) is 17.0 Å². The molecule has 1 amide bonds. The van der Waals surface area contributed by atoms with Crippen LogP contribution in [0.2, 0.25) is 5.02 Å². The van der Waals surface area contributed by atoms with E-state index < -0.39 is 12.1 Å². The lowest BCUT2D eigenvalue weighted by Crippen LogP contribution is -2.29. The standard InChI is InChI=1S/C21H21ClN4O5/c1-13(2)20(28)30-10-8-23-21(29)31-9-7-14-3-6-19(27)18(11-14)26-24-16-5-4-15(22)12-17(16)25-26/h3-6,11-12,27H,1,7-10H2,2H3,(H,23,29). The van der Waals surface area contributed by atoms with Gasteiger partial charge in [-0.2, -0.15) is 0 Å². The van der Waals surface area contributed by atoms with Crippen molar-refractivity contribution in [2.45, 2.75) is 13.3 Å². The summed E-state index contributed by atoms with van der Waals surface area (Å²) >= 11 is 5.98. The van der Waals surface area contributed by atoms with Crippen LogP contribution in [0.5, 0.6) is 5.75 Å². The average molecular weight is 445 g/mol. The van der Waals surface area contributed by atoms with E-state index in [1.165, 1.54) is 10.9 Å². The lowest BCUT2D eigenvalue weighted by atomic mass is 10.1. The molecule has 1 heterocycles. The summed E-state index contributed by atoms with van der Waals surface area (Å²) < 4.78 is 9.98. The summed E-state index contributed by atoms with van der Waals surface area (Å²) in [6, 6.07) is 10.1. The Hall–Kier alpha value is -3.59. The SMILES string of the molecule is C=C(C)C(=O)OCCNC(=O)OCCc1ccc(O)c(-n2nc3ccc(Cl)cc3n2)c1. The van der Waals surface area contributed by atoms with E-state index >= 15 is 0 Å². The van der Waals surface area contributed by atoms with Gasteiger partial charge in [-0.25, -0.2) is 9.59 Å². The summed E-state index contributed by atoms with van der Waals surface area (Å²) in [4.78, 5) is 24.3. The third-order valence-electron chi connectivity index (χ3n) is 4.17. The second-order valence-corrected chi connectivity index (χ2v) is 7.11. The molecule has 0 unspecified atom stereocenters. The number of carbonyl (C=O) groups is 2.